The SMILES string of the molecule is [C-]#[N+]c1cccc(-c2cn3c(=O)/c(=C/c4cc(Br)c(O)c(OC)c4)sc3n2)c1. The first-order valence-corrected chi connectivity index (χ1v) is 9.69. The molecule has 1 N–H and O–H groups in total. The van der Waals surface area contributed by atoms with Crippen molar-refractivity contribution in [2.45, 2.75) is 0 Å². The van der Waals surface area contributed by atoms with E-state index in [1.165, 1.54) is 22.8 Å². The van der Waals surface area contributed by atoms with Crippen molar-refractivity contribution in [3.05, 3.63) is 78.9 Å². The van der Waals surface area contributed by atoms with Crippen LogP contribution in [0.1, 0.15) is 5.56 Å². The molecule has 0 radical (unpaired) electrons. The maximum Gasteiger partial charge on any atom is 0.274 e. The lowest BCUT2D eigenvalue weighted by Gasteiger charge is -2.06. The van der Waals surface area contributed by atoms with E-state index < -0.39 is 0 Å². The standard InChI is InChI=1S/C20H12BrN3O3S/c1-22-13-5-3-4-12(9-13)15-10-24-19(26)17(28-20(24)23-15)8-11-6-14(21)18(25)16(7-11)27-2/h3-10,25H,2H3/b17-8-. The molecule has 0 fully saturated rings. The molecule has 0 spiro atoms. The summed E-state index contributed by atoms with van der Waals surface area (Å²) in [7, 11) is 1.47. The molecule has 0 saturated carbocycles. The number of nitrogens with zero attached hydrogens (tertiary/aromatic N) is 3. The fourth-order valence-corrected chi connectivity index (χ4v) is 4.21. The summed E-state index contributed by atoms with van der Waals surface area (Å²) >= 11 is 4.55. The van der Waals surface area contributed by atoms with Crippen molar-refractivity contribution in [2.75, 3.05) is 7.11 Å². The molecule has 6 nitrogen and oxygen atoms in total. The van der Waals surface area contributed by atoms with E-state index in [9.17, 15) is 9.90 Å². The van der Waals surface area contributed by atoms with Gasteiger partial charge < -0.3 is 9.84 Å². The number of rotatable bonds is 3. The number of halogens is 1. The van der Waals surface area contributed by atoms with Gasteiger partial charge in [0, 0.05) is 6.20 Å². The highest BCUT2D eigenvalue weighted by atomic mass is 79.9. The minimum absolute atomic E-state index is 0.00858. The Balaban J connectivity index is 1.81. The lowest BCUT2D eigenvalue weighted by atomic mass is 10.1. The third-order valence-corrected chi connectivity index (χ3v) is 5.73. The molecule has 0 atom stereocenters. The monoisotopic (exact) mass is 453 g/mol. The lowest BCUT2D eigenvalue weighted by Crippen LogP contribution is -2.22. The Morgan fingerprint density at radius 2 is 2.18 bits per heavy atom. The number of ether oxygens (including phenoxy) is 1. The molecule has 0 bridgehead atoms. The van der Waals surface area contributed by atoms with Gasteiger partial charge in [0.25, 0.3) is 5.56 Å². The van der Waals surface area contributed by atoms with E-state index in [-0.39, 0.29) is 11.3 Å². The number of hydrogen-bond donors (Lipinski definition) is 1. The molecule has 2 aromatic heterocycles. The zero-order valence-electron chi connectivity index (χ0n) is 14.5. The summed E-state index contributed by atoms with van der Waals surface area (Å²) in [4.78, 5) is 21.3. The summed E-state index contributed by atoms with van der Waals surface area (Å²) in [5, 5.41) is 9.92. The van der Waals surface area contributed by atoms with Crippen molar-refractivity contribution >= 4 is 44.0 Å². The van der Waals surface area contributed by atoms with Gasteiger partial charge in [-0.2, -0.15) is 0 Å². The Bertz CT molecular complexity index is 1370. The first-order chi connectivity index (χ1) is 13.5. The van der Waals surface area contributed by atoms with Crippen LogP contribution in [0, 0.1) is 6.57 Å². The highest BCUT2D eigenvalue weighted by Crippen LogP contribution is 2.35. The van der Waals surface area contributed by atoms with E-state index in [0.29, 0.717) is 36.7 Å². The third-order valence-electron chi connectivity index (χ3n) is 4.14. The topological polar surface area (TPSA) is 68.2 Å². The number of aromatic nitrogens is 2. The van der Waals surface area contributed by atoms with Gasteiger partial charge in [0.1, 0.15) is 0 Å². The minimum Gasteiger partial charge on any atom is -0.503 e. The number of phenols is 1. The van der Waals surface area contributed by atoms with Gasteiger partial charge in [0.15, 0.2) is 22.1 Å². The fraction of sp³-hybridized carbons (Fsp3) is 0.0500. The zero-order valence-corrected chi connectivity index (χ0v) is 16.9. The molecule has 2 aromatic carbocycles. The van der Waals surface area contributed by atoms with Crippen LogP contribution in [0.2, 0.25) is 0 Å². The second-order valence-electron chi connectivity index (χ2n) is 5.91. The van der Waals surface area contributed by atoms with Crippen LogP contribution in [0.15, 0.2) is 51.9 Å². The van der Waals surface area contributed by atoms with Crippen LogP contribution < -0.4 is 14.8 Å². The minimum atomic E-state index is -0.178. The number of methoxy groups -OCH3 is 1. The van der Waals surface area contributed by atoms with Crippen LogP contribution in [0.5, 0.6) is 11.5 Å². The average molecular weight is 454 g/mol. The highest BCUT2D eigenvalue weighted by molar-refractivity contribution is 9.10. The van der Waals surface area contributed by atoms with E-state index >= 15 is 0 Å². The van der Waals surface area contributed by atoms with E-state index in [2.05, 4.69) is 25.8 Å². The zero-order chi connectivity index (χ0) is 19.8. The molecule has 138 valence electrons. The number of benzene rings is 2. The Morgan fingerprint density at radius 1 is 1.36 bits per heavy atom. The number of fused-ring (bicyclic) bond motifs is 1. The second-order valence-corrected chi connectivity index (χ2v) is 7.77. The van der Waals surface area contributed by atoms with Gasteiger partial charge in [0.05, 0.1) is 28.4 Å². The van der Waals surface area contributed by atoms with Gasteiger partial charge in [-0.15, -0.1) is 0 Å². The molecule has 0 aliphatic rings. The predicted molar refractivity (Wildman–Crippen MR) is 112 cm³/mol. The molecule has 0 aliphatic heterocycles. The Kier molecular flexibility index (Phi) is 4.63. The molecule has 0 aliphatic carbocycles. The van der Waals surface area contributed by atoms with Gasteiger partial charge in [0.2, 0.25) is 0 Å². The predicted octanol–water partition coefficient (Wildman–Crippen LogP) is 4.00. The molecule has 2 heterocycles. The van der Waals surface area contributed by atoms with Crippen molar-refractivity contribution in [3.63, 3.8) is 0 Å². The molecule has 8 heteroatoms. The van der Waals surface area contributed by atoms with Crippen molar-refractivity contribution in [3.8, 4) is 22.8 Å². The third kappa shape index (κ3) is 3.15. The molecular weight excluding hydrogens is 442 g/mol. The first kappa shape index (κ1) is 18.2. The molecular formula is C20H12BrN3O3S. The normalized spacial score (nSPS) is 11.7. The maximum atomic E-state index is 12.8. The number of aromatic hydroxyl groups is 1. The van der Waals surface area contributed by atoms with Crippen LogP contribution >= 0.6 is 27.3 Å². The smallest absolute Gasteiger partial charge is 0.274 e. The Morgan fingerprint density at radius 3 is 2.89 bits per heavy atom. The molecule has 28 heavy (non-hydrogen) atoms. The molecule has 0 amide bonds. The van der Waals surface area contributed by atoms with Gasteiger partial charge >= 0.3 is 0 Å². The van der Waals surface area contributed by atoms with Gasteiger partial charge in [-0.1, -0.05) is 29.5 Å². The van der Waals surface area contributed by atoms with E-state index in [4.69, 9.17) is 11.3 Å². The van der Waals surface area contributed by atoms with Crippen molar-refractivity contribution in [1.82, 2.24) is 9.38 Å². The van der Waals surface area contributed by atoms with Gasteiger partial charge in [-0.25, -0.2) is 9.83 Å². The Hall–Kier alpha value is -3.15. The van der Waals surface area contributed by atoms with Crippen molar-refractivity contribution < 1.29 is 9.84 Å². The fourth-order valence-electron chi connectivity index (χ4n) is 2.79. The van der Waals surface area contributed by atoms with Crippen LogP contribution in [0.25, 0.3) is 27.1 Å². The molecule has 4 rings (SSSR count). The number of phenolic OH excluding ortho intramolecular Hbond substituents is 1. The first-order valence-electron chi connectivity index (χ1n) is 8.08. The number of thiazole rings is 1. The van der Waals surface area contributed by atoms with Crippen LogP contribution in [-0.4, -0.2) is 21.6 Å². The average Bonchev–Trinajstić information content (AvgIpc) is 3.24. The van der Waals surface area contributed by atoms with E-state index in [1.54, 1.807) is 42.6 Å². The highest BCUT2D eigenvalue weighted by Gasteiger charge is 2.12. The van der Waals surface area contributed by atoms with Gasteiger partial charge in [-0.3, -0.25) is 9.20 Å². The summed E-state index contributed by atoms with van der Waals surface area (Å²) in [5.74, 6) is 0.325. The quantitative estimate of drug-likeness (QED) is 0.476. The summed E-state index contributed by atoms with van der Waals surface area (Å²) in [6, 6.07) is 10.5. The van der Waals surface area contributed by atoms with Crippen molar-refractivity contribution in [1.29, 1.82) is 0 Å². The van der Waals surface area contributed by atoms with Crippen molar-refractivity contribution in [2.24, 2.45) is 0 Å². The number of hydrogen-bond acceptors (Lipinski definition) is 5. The van der Waals surface area contributed by atoms with E-state index in [0.717, 1.165) is 5.56 Å². The van der Waals surface area contributed by atoms with E-state index in [1.807, 2.05) is 6.07 Å². The molecule has 0 unspecified atom stereocenters. The van der Waals surface area contributed by atoms with Crippen LogP contribution in [-0.2, 0) is 0 Å². The van der Waals surface area contributed by atoms with Crippen LogP contribution in [0.3, 0.4) is 0 Å². The molecule has 4 aromatic rings. The summed E-state index contributed by atoms with van der Waals surface area (Å²) < 4.78 is 7.65. The summed E-state index contributed by atoms with van der Waals surface area (Å²) in [5.41, 5.74) is 2.50. The summed E-state index contributed by atoms with van der Waals surface area (Å²) in [6.45, 7) is 7.13. The maximum absolute atomic E-state index is 12.8. The molecule has 0 saturated heterocycles. The summed E-state index contributed by atoms with van der Waals surface area (Å²) in [6.07, 6.45) is 3.41. The largest absolute Gasteiger partial charge is 0.503 e. The van der Waals surface area contributed by atoms with Crippen LogP contribution in [0.4, 0.5) is 5.69 Å². The Labute approximate surface area is 171 Å². The second kappa shape index (κ2) is 7.11. The number of imidazole rings is 1. The van der Waals surface area contributed by atoms with Gasteiger partial charge in [-0.05, 0) is 51.3 Å². The lowest BCUT2D eigenvalue weighted by molar-refractivity contribution is 0.372.